The molecular weight excluding hydrogens is 224 g/mol. The van der Waals surface area contributed by atoms with E-state index in [0.717, 1.165) is 5.56 Å². The summed E-state index contributed by atoms with van der Waals surface area (Å²) in [5.41, 5.74) is 0.889. The van der Waals surface area contributed by atoms with Crippen LogP contribution in [-0.2, 0) is 6.54 Å². The summed E-state index contributed by atoms with van der Waals surface area (Å²) in [6, 6.07) is 7.57. The maximum Gasteiger partial charge on any atom is 0.184 e. The molecule has 3 nitrogen and oxygen atoms in total. The van der Waals surface area contributed by atoms with E-state index in [4.69, 9.17) is 21.6 Å². The van der Waals surface area contributed by atoms with E-state index in [2.05, 4.69) is 11.4 Å². The van der Waals surface area contributed by atoms with Gasteiger partial charge in [0.05, 0.1) is 0 Å². The van der Waals surface area contributed by atoms with Crippen LogP contribution in [0.4, 0.5) is 0 Å². The molecule has 86 valence electrons. The minimum Gasteiger partial charge on any atom is -0.475 e. The molecule has 0 aliphatic heterocycles. The van der Waals surface area contributed by atoms with Crippen molar-refractivity contribution in [2.24, 2.45) is 0 Å². The fourth-order valence-electron chi connectivity index (χ4n) is 1.35. The number of halogens is 1. The standard InChI is InChI=1S/C12H15ClN2O/c1-3-9(7-14)16-12-6-4-5-11(13)10(12)8-15-2/h4-6,9,15H,3,8H2,1-2H3. The number of hydrogen-bond acceptors (Lipinski definition) is 3. The van der Waals surface area contributed by atoms with Gasteiger partial charge in [-0.15, -0.1) is 0 Å². The second-order valence-electron chi connectivity index (χ2n) is 3.39. The van der Waals surface area contributed by atoms with Crippen LogP contribution in [0.25, 0.3) is 0 Å². The van der Waals surface area contributed by atoms with E-state index in [-0.39, 0.29) is 0 Å². The zero-order chi connectivity index (χ0) is 12.0. The molecule has 0 amide bonds. The van der Waals surface area contributed by atoms with Crippen LogP contribution in [0.5, 0.6) is 5.75 Å². The first-order valence-electron chi connectivity index (χ1n) is 5.21. The van der Waals surface area contributed by atoms with Crippen LogP contribution in [0.1, 0.15) is 18.9 Å². The number of rotatable bonds is 5. The van der Waals surface area contributed by atoms with Crippen molar-refractivity contribution in [3.63, 3.8) is 0 Å². The lowest BCUT2D eigenvalue weighted by Crippen LogP contribution is -2.15. The van der Waals surface area contributed by atoms with Gasteiger partial charge in [0.15, 0.2) is 6.10 Å². The molecule has 0 fully saturated rings. The van der Waals surface area contributed by atoms with Crippen molar-refractivity contribution in [1.29, 1.82) is 5.26 Å². The quantitative estimate of drug-likeness (QED) is 0.858. The topological polar surface area (TPSA) is 45.0 Å². The van der Waals surface area contributed by atoms with Gasteiger partial charge in [-0.25, -0.2) is 0 Å². The van der Waals surface area contributed by atoms with Crippen LogP contribution in [0.15, 0.2) is 18.2 Å². The van der Waals surface area contributed by atoms with E-state index < -0.39 is 6.10 Å². The average molecular weight is 239 g/mol. The van der Waals surface area contributed by atoms with Crippen LogP contribution >= 0.6 is 11.6 Å². The van der Waals surface area contributed by atoms with Crippen molar-refractivity contribution in [2.45, 2.75) is 26.0 Å². The van der Waals surface area contributed by atoms with Crippen LogP contribution in [0.2, 0.25) is 5.02 Å². The predicted octanol–water partition coefficient (Wildman–Crippen LogP) is 2.74. The molecule has 0 saturated heterocycles. The molecular formula is C12H15ClN2O. The van der Waals surface area contributed by atoms with Gasteiger partial charge in [0.25, 0.3) is 0 Å². The summed E-state index contributed by atoms with van der Waals surface area (Å²) in [7, 11) is 1.84. The van der Waals surface area contributed by atoms with Gasteiger partial charge in [0.2, 0.25) is 0 Å². The van der Waals surface area contributed by atoms with Crippen molar-refractivity contribution in [2.75, 3.05) is 7.05 Å². The lowest BCUT2D eigenvalue weighted by molar-refractivity contribution is 0.249. The first-order chi connectivity index (χ1) is 7.72. The van der Waals surface area contributed by atoms with Crippen LogP contribution in [-0.4, -0.2) is 13.2 Å². The minimum atomic E-state index is -0.422. The van der Waals surface area contributed by atoms with Gasteiger partial charge in [0.1, 0.15) is 11.8 Å². The second-order valence-corrected chi connectivity index (χ2v) is 3.80. The van der Waals surface area contributed by atoms with E-state index in [1.54, 1.807) is 0 Å². The highest BCUT2D eigenvalue weighted by atomic mass is 35.5. The van der Waals surface area contributed by atoms with Gasteiger partial charge >= 0.3 is 0 Å². The van der Waals surface area contributed by atoms with Gasteiger partial charge in [0, 0.05) is 17.1 Å². The Morgan fingerprint density at radius 1 is 1.56 bits per heavy atom. The van der Waals surface area contributed by atoms with Crippen LogP contribution in [0.3, 0.4) is 0 Å². The molecule has 1 rings (SSSR count). The van der Waals surface area contributed by atoms with E-state index in [9.17, 15) is 0 Å². The summed E-state index contributed by atoms with van der Waals surface area (Å²) >= 11 is 6.08. The number of hydrogen-bond donors (Lipinski definition) is 1. The SMILES string of the molecule is CCC(C#N)Oc1cccc(Cl)c1CNC. The molecule has 0 spiro atoms. The minimum absolute atomic E-state index is 0.422. The Bertz CT molecular complexity index is 387. The van der Waals surface area contributed by atoms with Gasteiger partial charge in [-0.05, 0) is 25.6 Å². The molecule has 16 heavy (non-hydrogen) atoms. The fraction of sp³-hybridized carbons (Fsp3) is 0.417. The van der Waals surface area contributed by atoms with Crippen molar-refractivity contribution in [3.8, 4) is 11.8 Å². The molecule has 0 saturated carbocycles. The van der Waals surface area contributed by atoms with Gasteiger partial charge in [-0.2, -0.15) is 5.26 Å². The van der Waals surface area contributed by atoms with E-state index in [1.165, 1.54) is 0 Å². The first-order valence-corrected chi connectivity index (χ1v) is 5.59. The molecule has 0 heterocycles. The van der Waals surface area contributed by atoms with Crippen molar-refractivity contribution < 1.29 is 4.74 Å². The lowest BCUT2D eigenvalue weighted by atomic mass is 10.2. The molecule has 0 bridgehead atoms. The molecule has 1 aromatic carbocycles. The predicted molar refractivity (Wildman–Crippen MR) is 64.5 cm³/mol. The zero-order valence-electron chi connectivity index (χ0n) is 9.46. The third-order valence-electron chi connectivity index (χ3n) is 2.21. The third kappa shape index (κ3) is 3.13. The molecule has 1 atom stereocenters. The van der Waals surface area contributed by atoms with E-state index in [0.29, 0.717) is 23.7 Å². The van der Waals surface area contributed by atoms with Crippen LogP contribution < -0.4 is 10.1 Å². The van der Waals surface area contributed by atoms with Gasteiger partial charge in [-0.1, -0.05) is 24.6 Å². The smallest absolute Gasteiger partial charge is 0.184 e. The Morgan fingerprint density at radius 3 is 2.88 bits per heavy atom. The Morgan fingerprint density at radius 2 is 2.31 bits per heavy atom. The Balaban J connectivity index is 2.94. The lowest BCUT2D eigenvalue weighted by Gasteiger charge is -2.15. The van der Waals surface area contributed by atoms with Crippen molar-refractivity contribution >= 4 is 11.6 Å². The highest BCUT2D eigenvalue weighted by molar-refractivity contribution is 6.31. The molecule has 1 unspecified atom stereocenters. The van der Waals surface area contributed by atoms with Crippen molar-refractivity contribution in [3.05, 3.63) is 28.8 Å². The monoisotopic (exact) mass is 238 g/mol. The fourth-order valence-corrected chi connectivity index (χ4v) is 1.58. The molecule has 0 aromatic heterocycles. The molecule has 0 aliphatic carbocycles. The highest BCUT2D eigenvalue weighted by Gasteiger charge is 2.11. The molecule has 1 aromatic rings. The Kier molecular flexibility index (Phi) is 5.10. The largest absolute Gasteiger partial charge is 0.475 e. The first kappa shape index (κ1) is 12.8. The number of nitriles is 1. The highest BCUT2D eigenvalue weighted by Crippen LogP contribution is 2.27. The molecule has 1 N–H and O–H groups in total. The van der Waals surface area contributed by atoms with E-state index >= 15 is 0 Å². The van der Waals surface area contributed by atoms with Crippen LogP contribution in [0, 0.1) is 11.3 Å². The Hall–Kier alpha value is -1.24. The summed E-state index contributed by atoms with van der Waals surface area (Å²) in [5, 5.41) is 12.5. The Labute approximate surface area is 101 Å². The summed E-state index contributed by atoms with van der Waals surface area (Å²) in [4.78, 5) is 0. The van der Waals surface area contributed by atoms with Gasteiger partial charge < -0.3 is 10.1 Å². The molecule has 4 heteroatoms. The summed E-state index contributed by atoms with van der Waals surface area (Å²) in [5.74, 6) is 0.676. The zero-order valence-corrected chi connectivity index (χ0v) is 10.2. The molecule has 0 aliphatic rings. The number of nitrogens with zero attached hydrogens (tertiary/aromatic N) is 1. The number of nitrogens with one attached hydrogen (secondary N) is 1. The summed E-state index contributed by atoms with van der Waals surface area (Å²) in [6.45, 7) is 2.53. The normalized spacial score (nSPS) is 11.9. The molecule has 0 radical (unpaired) electrons. The van der Waals surface area contributed by atoms with Crippen molar-refractivity contribution in [1.82, 2.24) is 5.32 Å². The maximum absolute atomic E-state index is 8.85. The maximum atomic E-state index is 8.85. The third-order valence-corrected chi connectivity index (χ3v) is 2.57. The second kappa shape index (κ2) is 6.37. The van der Waals surface area contributed by atoms with Gasteiger partial charge in [-0.3, -0.25) is 0 Å². The summed E-state index contributed by atoms with van der Waals surface area (Å²) < 4.78 is 5.59. The summed E-state index contributed by atoms with van der Waals surface area (Å²) in [6.07, 6.45) is 0.233. The average Bonchev–Trinajstić information content (AvgIpc) is 2.30. The van der Waals surface area contributed by atoms with E-state index in [1.807, 2.05) is 32.2 Å². The number of ether oxygens (including phenoxy) is 1. The number of benzene rings is 1.